The van der Waals surface area contributed by atoms with Crippen molar-refractivity contribution in [2.75, 3.05) is 11.4 Å². The maximum absolute atomic E-state index is 10.4. The number of pyridine rings is 1. The fourth-order valence-corrected chi connectivity index (χ4v) is 4.40. The van der Waals surface area contributed by atoms with Gasteiger partial charge in [0.05, 0.1) is 29.6 Å². The molecule has 1 aromatic heterocycles. The third-order valence-corrected chi connectivity index (χ3v) is 5.08. The lowest BCUT2D eigenvalue weighted by Gasteiger charge is -2.30. The van der Waals surface area contributed by atoms with E-state index in [1.165, 1.54) is 0 Å². The van der Waals surface area contributed by atoms with Crippen LogP contribution < -0.4 is 4.90 Å². The van der Waals surface area contributed by atoms with E-state index in [0.29, 0.717) is 23.3 Å². The van der Waals surface area contributed by atoms with Gasteiger partial charge in [-0.05, 0) is 36.7 Å². The van der Waals surface area contributed by atoms with E-state index in [0.717, 1.165) is 25.1 Å². The summed E-state index contributed by atoms with van der Waals surface area (Å²) in [5.41, 5.74) is 1.57. The molecule has 4 nitrogen and oxygen atoms in total. The average molecular weight is 241 g/mol. The molecule has 0 aromatic carbocycles. The van der Waals surface area contributed by atoms with Crippen LogP contribution in [0.2, 0.25) is 0 Å². The molecule has 2 saturated carbocycles. The summed E-state index contributed by atoms with van der Waals surface area (Å²) in [6.07, 6.45) is 5.51. The zero-order chi connectivity index (χ0) is 12.3. The van der Waals surface area contributed by atoms with E-state index in [2.05, 4.69) is 16.0 Å². The normalized spacial score (nSPS) is 40.2. The number of nitrogens with zero attached hydrogens (tertiary/aromatic N) is 3. The second-order valence-corrected chi connectivity index (χ2v) is 5.79. The third kappa shape index (κ3) is 1.15. The fraction of sp³-hybridized carbons (Fsp3) is 0.571. The van der Waals surface area contributed by atoms with Crippen molar-refractivity contribution < 1.29 is 5.11 Å². The van der Waals surface area contributed by atoms with Crippen LogP contribution in [-0.2, 0) is 0 Å². The van der Waals surface area contributed by atoms with E-state index in [1.54, 1.807) is 18.5 Å². The first kappa shape index (κ1) is 10.3. The van der Waals surface area contributed by atoms with Crippen molar-refractivity contribution >= 4 is 5.69 Å². The van der Waals surface area contributed by atoms with Crippen LogP contribution in [0.4, 0.5) is 5.69 Å². The van der Waals surface area contributed by atoms with E-state index in [4.69, 9.17) is 0 Å². The number of aromatic nitrogens is 1. The SMILES string of the molecule is N#Cc1ccncc1N1CC2CC3CC2C1C3O. The number of aliphatic hydroxyl groups is 1. The van der Waals surface area contributed by atoms with Crippen LogP contribution >= 0.6 is 0 Å². The molecule has 0 amide bonds. The van der Waals surface area contributed by atoms with E-state index in [1.807, 2.05) is 0 Å². The number of hydrogen-bond acceptors (Lipinski definition) is 4. The lowest BCUT2D eigenvalue weighted by Crippen LogP contribution is -2.41. The first-order chi connectivity index (χ1) is 8.79. The number of nitriles is 1. The molecule has 5 unspecified atom stereocenters. The van der Waals surface area contributed by atoms with Gasteiger partial charge in [0, 0.05) is 12.7 Å². The maximum Gasteiger partial charge on any atom is 0.101 e. The molecule has 1 saturated heterocycles. The zero-order valence-corrected chi connectivity index (χ0v) is 10.0. The van der Waals surface area contributed by atoms with Gasteiger partial charge in [-0.2, -0.15) is 5.26 Å². The van der Waals surface area contributed by atoms with Gasteiger partial charge < -0.3 is 10.0 Å². The van der Waals surface area contributed by atoms with Crippen LogP contribution in [0.5, 0.6) is 0 Å². The minimum Gasteiger partial charge on any atom is -0.391 e. The van der Waals surface area contributed by atoms with Gasteiger partial charge in [-0.15, -0.1) is 0 Å². The Morgan fingerprint density at radius 2 is 2.28 bits per heavy atom. The molecule has 1 aliphatic heterocycles. The summed E-state index contributed by atoms with van der Waals surface area (Å²) in [4.78, 5) is 6.38. The molecule has 4 rings (SSSR count). The Morgan fingerprint density at radius 3 is 3.06 bits per heavy atom. The van der Waals surface area contributed by atoms with Gasteiger partial charge in [0.15, 0.2) is 0 Å². The largest absolute Gasteiger partial charge is 0.391 e. The summed E-state index contributed by atoms with van der Waals surface area (Å²) in [6, 6.07) is 4.20. The molecule has 5 atom stereocenters. The molecule has 3 fully saturated rings. The van der Waals surface area contributed by atoms with Gasteiger partial charge >= 0.3 is 0 Å². The lowest BCUT2D eigenvalue weighted by atomic mass is 9.88. The van der Waals surface area contributed by atoms with Crippen LogP contribution in [0.25, 0.3) is 0 Å². The summed E-state index contributed by atoms with van der Waals surface area (Å²) >= 11 is 0. The summed E-state index contributed by atoms with van der Waals surface area (Å²) in [7, 11) is 0. The van der Waals surface area contributed by atoms with Crippen LogP contribution in [-0.4, -0.2) is 28.8 Å². The molecule has 18 heavy (non-hydrogen) atoms. The number of rotatable bonds is 1. The monoisotopic (exact) mass is 241 g/mol. The van der Waals surface area contributed by atoms with Crippen molar-refractivity contribution in [3.63, 3.8) is 0 Å². The van der Waals surface area contributed by atoms with E-state index in [9.17, 15) is 10.4 Å². The Kier molecular flexibility index (Phi) is 1.98. The second-order valence-electron chi connectivity index (χ2n) is 5.79. The summed E-state index contributed by atoms with van der Waals surface area (Å²) in [5.74, 6) is 1.81. The third-order valence-electron chi connectivity index (χ3n) is 5.08. The predicted molar refractivity (Wildman–Crippen MR) is 65.8 cm³/mol. The average Bonchev–Trinajstić information content (AvgIpc) is 3.00. The molecule has 0 radical (unpaired) electrons. The Balaban J connectivity index is 1.77. The van der Waals surface area contributed by atoms with Crippen LogP contribution in [0.3, 0.4) is 0 Å². The van der Waals surface area contributed by atoms with Gasteiger partial charge in [-0.25, -0.2) is 0 Å². The Morgan fingerprint density at radius 1 is 1.39 bits per heavy atom. The topological polar surface area (TPSA) is 60.2 Å². The quantitative estimate of drug-likeness (QED) is 0.801. The minimum atomic E-state index is -0.222. The van der Waals surface area contributed by atoms with Crippen LogP contribution in [0.1, 0.15) is 18.4 Å². The maximum atomic E-state index is 10.4. The Hall–Kier alpha value is -1.60. The van der Waals surface area contributed by atoms with Gasteiger partial charge in [0.25, 0.3) is 0 Å². The highest BCUT2D eigenvalue weighted by molar-refractivity contribution is 5.60. The van der Waals surface area contributed by atoms with Gasteiger partial charge in [0.2, 0.25) is 0 Å². The number of anilines is 1. The molecule has 3 aliphatic rings. The number of aliphatic hydroxyl groups excluding tert-OH is 1. The van der Waals surface area contributed by atoms with Crippen LogP contribution in [0, 0.1) is 29.1 Å². The molecule has 2 heterocycles. The van der Waals surface area contributed by atoms with Gasteiger partial charge in [-0.3, -0.25) is 4.98 Å². The highest BCUT2D eigenvalue weighted by atomic mass is 16.3. The molecule has 1 aromatic rings. The van der Waals surface area contributed by atoms with Crippen molar-refractivity contribution in [2.24, 2.45) is 17.8 Å². The highest BCUT2D eigenvalue weighted by Crippen LogP contribution is 2.55. The second kappa shape index (κ2) is 3.46. The van der Waals surface area contributed by atoms with E-state index < -0.39 is 0 Å². The smallest absolute Gasteiger partial charge is 0.101 e. The Labute approximate surface area is 106 Å². The molecule has 2 aliphatic carbocycles. The van der Waals surface area contributed by atoms with Gasteiger partial charge in [-0.1, -0.05) is 0 Å². The summed E-state index contributed by atoms with van der Waals surface area (Å²) in [6.45, 7) is 0.975. The lowest BCUT2D eigenvalue weighted by molar-refractivity contribution is 0.0966. The molecule has 0 spiro atoms. The van der Waals surface area contributed by atoms with Crippen molar-refractivity contribution in [3.8, 4) is 6.07 Å². The number of hydrogen-bond donors (Lipinski definition) is 1. The van der Waals surface area contributed by atoms with Crippen molar-refractivity contribution in [3.05, 3.63) is 24.0 Å². The van der Waals surface area contributed by atoms with Crippen molar-refractivity contribution in [1.29, 1.82) is 5.26 Å². The van der Waals surface area contributed by atoms with E-state index >= 15 is 0 Å². The fourth-order valence-electron chi connectivity index (χ4n) is 4.40. The molecular weight excluding hydrogens is 226 g/mol. The molecule has 2 bridgehead atoms. The highest BCUT2D eigenvalue weighted by Gasteiger charge is 2.59. The molecular formula is C14H15N3O. The molecule has 92 valence electrons. The van der Waals surface area contributed by atoms with Gasteiger partial charge in [0.1, 0.15) is 6.07 Å². The van der Waals surface area contributed by atoms with E-state index in [-0.39, 0.29) is 12.1 Å². The van der Waals surface area contributed by atoms with Crippen LogP contribution in [0.15, 0.2) is 18.5 Å². The first-order valence-corrected chi connectivity index (χ1v) is 6.58. The Bertz CT molecular complexity index is 536. The molecule has 4 heteroatoms. The predicted octanol–water partition coefficient (Wildman–Crippen LogP) is 1.16. The van der Waals surface area contributed by atoms with Crippen molar-refractivity contribution in [1.82, 2.24) is 4.98 Å². The van der Waals surface area contributed by atoms with Crippen molar-refractivity contribution in [2.45, 2.75) is 25.0 Å². The molecule has 1 N–H and O–H groups in total. The summed E-state index contributed by atoms with van der Waals surface area (Å²) in [5, 5.41) is 19.6. The standard InChI is InChI=1S/C14H15N3O/c15-5-8-1-2-16-6-12(8)17-7-10-3-9-4-11(10)13(17)14(9)18/h1-2,6,9-11,13-14,18H,3-4,7H2. The zero-order valence-electron chi connectivity index (χ0n) is 10.0. The number of fused-ring (bicyclic) bond motifs is 1. The summed E-state index contributed by atoms with van der Waals surface area (Å²) < 4.78 is 0. The minimum absolute atomic E-state index is 0.213. The first-order valence-electron chi connectivity index (χ1n) is 6.58.